The molecule has 0 aromatic heterocycles. The van der Waals surface area contributed by atoms with E-state index >= 15 is 0 Å². The minimum atomic E-state index is -0.986. The molecular formula is C15H19BrN2O3. The molecule has 0 radical (unpaired) electrons. The molecule has 0 saturated heterocycles. The summed E-state index contributed by atoms with van der Waals surface area (Å²) in [4.78, 5) is 24.9. The number of carbonyl (C=O) groups excluding carboxylic acids is 1. The van der Waals surface area contributed by atoms with Crippen molar-refractivity contribution in [2.24, 2.45) is 0 Å². The number of aliphatic carboxylic acids is 1. The largest absolute Gasteiger partial charge is 0.480 e. The Bertz CT molecular complexity index is 542. The molecule has 0 aliphatic heterocycles. The van der Waals surface area contributed by atoms with E-state index in [4.69, 9.17) is 5.11 Å². The lowest BCUT2D eigenvalue weighted by atomic mass is 10.2. The molecule has 1 aliphatic rings. The summed E-state index contributed by atoms with van der Waals surface area (Å²) in [6, 6.07) is 5.32. The van der Waals surface area contributed by atoms with Gasteiger partial charge in [0.25, 0.3) is 0 Å². The number of hydrogen-bond donors (Lipinski definition) is 2. The van der Waals surface area contributed by atoms with Gasteiger partial charge < -0.3 is 15.3 Å². The fourth-order valence-corrected chi connectivity index (χ4v) is 3.00. The second-order valence-electron chi connectivity index (χ2n) is 5.37. The van der Waals surface area contributed by atoms with Crippen LogP contribution in [0.4, 0.5) is 10.5 Å². The molecule has 21 heavy (non-hydrogen) atoms. The van der Waals surface area contributed by atoms with E-state index in [1.807, 2.05) is 25.1 Å². The van der Waals surface area contributed by atoms with Crippen LogP contribution in [0.3, 0.4) is 0 Å². The smallest absolute Gasteiger partial charge is 0.323 e. The molecule has 2 rings (SSSR count). The van der Waals surface area contributed by atoms with Gasteiger partial charge in [0.2, 0.25) is 0 Å². The maximum absolute atomic E-state index is 12.4. The third kappa shape index (κ3) is 4.20. The van der Waals surface area contributed by atoms with E-state index in [2.05, 4.69) is 21.2 Å². The number of carbonyl (C=O) groups is 2. The molecule has 0 atom stereocenters. The number of rotatable bonds is 4. The Balaban J connectivity index is 2.13. The zero-order chi connectivity index (χ0) is 15.4. The predicted molar refractivity (Wildman–Crippen MR) is 84.5 cm³/mol. The molecule has 6 heteroatoms. The minimum absolute atomic E-state index is 0.0182. The summed E-state index contributed by atoms with van der Waals surface area (Å²) in [5.74, 6) is -0.986. The van der Waals surface area contributed by atoms with E-state index in [9.17, 15) is 9.59 Å². The highest BCUT2D eigenvalue weighted by Gasteiger charge is 2.28. The molecule has 1 aliphatic carbocycles. The predicted octanol–water partition coefficient (Wildman–Crippen LogP) is 3.62. The second-order valence-corrected chi connectivity index (χ2v) is 6.23. The number of hydrogen-bond acceptors (Lipinski definition) is 2. The number of aryl methyl sites for hydroxylation is 1. The summed E-state index contributed by atoms with van der Waals surface area (Å²) < 4.78 is 0.781. The van der Waals surface area contributed by atoms with Gasteiger partial charge in [0.1, 0.15) is 6.54 Å². The Morgan fingerprint density at radius 1 is 1.38 bits per heavy atom. The molecule has 2 N–H and O–H groups in total. The van der Waals surface area contributed by atoms with Crippen LogP contribution >= 0.6 is 15.9 Å². The highest BCUT2D eigenvalue weighted by molar-refractivity contribution is 9.10. The molecule has 114 valence electrons. The topological polar surface area (TPSA) is 69.6 Å². The van der Waals surface area contributed by atoms with Gasteiger partial charge in [-0.1, -0.05) is 18.9 Å². The van der Waals surface area contributed by atoms with Gasteiger partial charge in [0.05, 0.1) is 5.69 Å². The van der Waals surface area contributed by atoms with Crippen LogP contribution in [-0.4, -0.2) is 34.6 Å². The van der Waals surface area contributed by atoms with Gasteiger partial charge >= 0.3 is 12.0 Å². The van der Waals surface area contributed by atoms with Crippen molar-refractivity contribution in [3.05, 3.63) is 28.2 Å². The van der Waals surface area contributed by atoms with Crippen LogP contribution in [0.2, 0.25) is 0 Å². The number of benzene rings is 1. The molecule has 2 amide bonds. The van der Waals surface area contributed by atoms with E-state index in [1.54, 1.807) is 0 Å². The van der Waals surface area contributed by atoms with E-state index in [-0.39, 0.29) is 18.6 Å². The lowest BCUT2D eigenvalue weighted by molar-refractivity contribution is -0.138. The number of amides is 2. The second kappa shape index (κ2) is 6.93. The van der Waals surface area contributed by atoms with Crippen LogP contribution in [0.15, 0.2) is 22.7 Å². The van der Waals surface area contributed by atoms with Crippen LogP contribution in [0.25, 0.3) is 0 Å². The Morgan fingerprint density at radius 3 is 2.67 bits per heavy atom. The quantitative estimate of drug-likeness (QED) is 0.867. The van der Waals surface area contributed by atoms with Crippen LogP contribution < -0.4 is 5.32 Å². The maximum Gasteiger partial charge on any atom is 0.323 e. The fourth-order valence-electron chi connectivity index (χ4n) is 2.65. The minimum Gasteiger partial charge on any atom is -0.480 e. The standard InChI is InChI=1S/C15H19BrN2O3/c1-10-6-7-12(16)13(8-10)17-15(21)18(9-14(19)20)11-4-2-3-5-11/h6-8,11H,2-5,9H2,1H3,(H,17,21)(H,19,20). The highest BCUT2D eigenvalue weighted by atomic mass is 79.9. The zero-order valence-electron chi connectivity index (χ0n) is 11.9. The molecule has 1 saturated carbocycles. The van der Waals surface area contributed by atoms with Crippen LogP contribution in [0.5, 0.6) is 0 Å². The fraction of sp³-hybridized carbons (Fsp3) is 0.467. The molecule has 0 heterocycles. The van der Waals surface area contributed by atoms with Crippen molar-refractivity contribution in [2.45, 2.75) is 38.6 Å². The average Bonchev–Trinajstić information content (AvgIpc) is 2.93. The highest BCUT2D eigenvalue weighted by Crippen LogP contribution is 2.26. The number of halogens is 1. The van der Waals surface area contributed by atoms with Crippen molar-refractivity contribution >= 4 is 33.6 Å². The van der Waals surface area contributed by atoms with Gasteiger partial charge in [-0.2, -0.15) is 0 Å². The third-order valence-corrected chi connectivity index (χ3v) is 4.39. The summed E-state index contributed by atoms with van der Waals surface area (Å²) >= 11 is 3.39. The first-order chi connectivity index (χ1) is 9.97. The molecule has 1 aromatic rings. The van der Waals surface area contributed by atoms with Gasteiger partial charge in [-0.25, -0.2) is 4.79 Å². The summed E-state index contributed by atoms with van der Waals surface area (Å²) in [6.07, 6.45) is 3.83. The molecule has 0 spiro atoms. The Labute approximate surface area is 132 Å². The molecule has 1 aromatic carbocycles. The summed E-state index contributed by atoms with van der Waals surface area (Å²) in [5, 5.41) is 11.8. The van der Waals surface area contributed by atoms with Crippen LogP contribution in [0, 0.1) is 6.92 Å². The van der Waals surface area contributed by atoms with E-state index in [0.717, 1.165) is 35.7 Å². The van der Waals surface area contributed by atoms with Crippen molar-refractivity contribution in [3.8, 4) is 0 Å². The van der Waals surface area contributed by atoms with E-state index in [1.165, 1.54) is 4.90 Å². The van der Waals surface area contributed by atoms with Crippen molar-refractivity contribution in [3.63, 3.8) is 0 Å². The van der Waals surface area contributed by atoms with E-state index in [0.29, 0.717) is 5.69 Å². The van der Waals surface area contributed by atoms with Gasteiger partial charge in [-0.05, 0) is 53.4 Å². The number of carboxylic acids is 1. The van der Waals surface area contributed by atoms with Gasteiger partial charge in [0, 0.05) is 10.5 Å². The lowest BCUT2D eigenvalue weighted by Gasteiger charge is -2.27. The number of nitrogens with zero attached hydrogens (tertiary/aromatic N) is 1. The van der Waals surface area contributed by atoms with Crippen LogP contribution in [-0.2, 0) is 4.79 Å². The SMILES string of the molecule is Cc1ccc(Br)c(NC(=O)N(CC(=O)O)C2CCCC2)c1. The molecule has 5 nitrogen and oxygen atoms in total. The van der Waals surface area contributed by atoms with Crippen molar-refractivity contribution in [1.82, 2.24) is 4.90 Å². The van der Waals surface area contributed by atoms with Crippen LogP contribution in [0.1, 0.15) is 31.2 Å². The lowest BCUT2D eigenvalue weighted by Crippen LogP contribution is -2.44. The van der Waals surface area contributed by atoms with Gasteiger partial charge in [0.15, 0.2) is 0 Å². The zero-order valence-corrected chi connectivity index (χ0v) is 13.5. The van der Waals surface area contributed by atoms with Crippen molar-refractivity contribution in [1.29, 1.82) is 0 Å². The first kappa shape index (κ1) is 15.8. The first-order valence-electron chi connectivity index (χ1n) is 7.03. The summed E-state index contributed by atoms with van der Waals surface area (Å²) in [5.41, 5.74) is 1.69. The normalized spacial score (nSPS) is 15.0. The first-order valence-corrected chi connectivity index (χ1v) is 7.82. The number of nitrogens with one attached hydrogen (secondary N) is 1. The van der Waals surface area contributed by atoms with Gasteiger partial charge in [-0.3, -0.25) is 4.79 Å². The molecule has 0 unspecified atom stereocenters. The molecule has 0 bridgehead atoms. The van der Waals surface area contributed by atoms with Gasteiger partial charge in [-0.15, -0.1) is 0 Å². The van der Waals surface area contributed by atoms with Crippen molar-refractivity contribution < 1.29 is 14.7 Å². The number of carboxylic acid groups (broad SMARTS) is 1. The average molecular weight is 355 g/mol. The monoisotopic (exact) mass is 354 g/mol. The summed E-state index contributed by atoms with van der Waals surface area (Å²) in [7, 11) is 0. The maximum atomic E-state index is 12.4. The summed E-state index contributed by atoms with van der Waals surface area (Å²) in [6.45, 7) is 1.67. The third-order valence-electron chi connectivity index (χ3n) is 3.70. The molecule has 1 fully saturated rings. The Hall–Kier alpha value is -1.56. The van der Waals surface area contributed by atoms with E-state index < -0.39 is 5.97 Å². The molecular weight excluding hydrogens is 336 g/mol. The Morgan fingerprint density at radius 2 is 2.05 bits per heavy atom. The Kier molecular flexibility index (Phi) is 5.22. The van der Waals surface area contributed by atoms with Crippen molar-refractivity contribution in [2.75, 3.05) is 11.9 Å². The number of urea groups is 1. The number of anilines is 1.